The molecule has 0 fully saturated rings. The first-order valence-corrected chi connectivity index (χ1v) is 5.76. The second-order valence-corrected chi connectivity index (χ2v) is 5.45. The van der Waals surface area contributed by atoms with Crippen LogP contribution in [-0.4, -0.2) is 44.7 Å². The lowest BCUT2D eigenvalue weighted by molar-refractivity contribution is -0.135. The minimum Gasteiger partial charge on any atom is -0.383 e. The van der Waals surface area contributed by atoms with Gasteiger partial charge in [-0.05, 0) is 11.8 Å². The molecule has 0 saturated carbocycles. The van der Waals surface area contributed by atoms with Crippen LogP contribution in [0.4, 0.5) is 0 Å². The van der Waals surface area contributed by atoms with Crippen LogP contribution in [0.5, 0.6) is 0 Å². The number of amides is 1. The van der Waals surface area contributed by atoms with Gasteiger partial charge in [0.1, 0.15) is 0 Å². The molecule has 0 radical (unpaired) electrons. The van der Waals surface area contributed by atoms with Crippen LogP contribution in [0.25, 0.3) is 0 Å². The van der Waals surface area contributed by atoms with Gasteiger partial charge in [-0.2, -0.15) is 0 Å². The molecule has 0 spiro atoms. The predicted molar refractivity (Wildman–Crippen MR) is 66.1 cm³/mol. The van der Waals surface area contributed by atoms with Crippen LogP contribution in [0.15, 0.2) is 0 Å². The van der Waals surface area contributed by atoms with Crippen molar-refractivity contribution in [2.45, 2.75) is 27.2 Å². The molecule has 0 aliphatic rings. The number of likely N-dealkylation sites (N-methyl/N-ethyl adjacent to an activating group) is 1. The SMILES string of the molecule is COCCN(C)C(=O)C(CN)CC(C)(C)C. The highest BCUT2D eigenvalue weighted by atomic mass is 16.5. The molecule has 1 unspecified atom stereocenters. The largest absolute Gasteiger partial charge is 0.383 e. The van der Waals surface area contributed by atoms with Crippen molar-refractivity contribution in [3.8, 4) is 0 Å². The molecule has 0 saturated heterocycles. The van der Waals surface area contributed by atoms with Gasteiger partial charge in [-0.1, -0.05) is 20.8 Å². The van der Waals surface area contributed by atoms with Gasteiger partial charge in [-0.25, -0.2) is 0 Å². The Hall–Kier alpha value is -0.610. The molecule has 4 heteroatoms. The molecule has 1 atom stereocenters. The summed E-state index contributed by atoms with van der Waals surface area (Å²) in [6.45, 7) is 7.97. The smallest absolute Gasteiger partial charge is 0.226 e. The zero-order valence-corrected chi connectivity index (χ0v) is 11.2. The van der Waals surface area contributed by atoms with Crippen LogP contribution >= 0.6 is 0 Å². The summed E-state index contributed by atoms with van der Waals surface area (Å²) >= 11 is 0. The zero-order chi connectivity index (χ0) is 12.8. The first-order valence-electron chi connectivity index (χ1n) is 5.76. The van der Waals surface area contributed by atoms with E-state index in [1.54, 1.807) is 19.1 Å². The number of carbonyl (C=O) groups excluding carboxylic acids is 1. The average Bonchev–Trinajstić information content (AvgIpc) is 2.20. The van der Waals surface area contributed by atoms with Crippen LogP contribution in [-0.2, 0) is 9.53 Å². The van der Waals surface area contributed by atoms with Crippen molar-refractivity contribution < 1.29 is 9.53 Å². The van der Waals surface area contributed by atoms with E-state index in [9.17, 15) is 4.79 Å². The summed E-state index contributed by atoms with van der Waals surface area (Å²) in [6, 6.07) is 0. The lowest BCUT2D eigenvalue weighted by Gasteiger charge is -2.28. The predicted octanol–water partition coefficient (Wildman–Crippen LogP) is 1.10. The maximum absolute atomic E-state index is 12.0. The van der Waals surface area contributed by atoms with Crippen molar-refractivity contribution >= 4 is 5.91 Å². The van der Waals surface area contributed by atoms with Gasteiger partial charge in [0.2, 0.25) is 5.91 Å². The number of rotatable bonds is 6. The number of ether oxygens (including phenoxy) is 1. The fourth-order valence-electron chi connectivity index (χ4n) is 1.66. The molecular weight excluding hydrogens is 204 g/mol. The van der Waals surface area contributed by atoms with Crippen LogP contribution in [0.3, 0.4) is 0 Å². The van der Waals surface area contributed by atoms with Gasteiger partial charge < -0.3 is 15.4 Å². The Bertz CT molecular complexity index is 212. The Kier molecular flexibility index (Phi) is 6.60. The van der Waals surface area contributed by atoms with E-state index in [2.05, 4.69) is 20.8 Å². The van der Waals surface area contributed by atoms with Crippen molar-refractivity contribution in [1.82, 2.24) is 4.90 Å². The maximum atomic E-state index is 12.0. The highest BCUT2D eigenvalue weighted by Crippen LogP contribution is 2.24. The van der Waals surface area contributed by atoms with E-state index in [-0.39, 0.29) is 17.2 Å². The lowest BCUT2D eigenvalue weighted by atomic mass is 9.84. The second-order valence-electron chi connectivity index (χ2n) is 5.45. The molecule has 0 heterocycles. The quantitative estimate of drug-likeness (QED) is 0.743. The summed E-state index contributed by atoms with van der Waals surface area (Å²) in [6.07, 6.45) is 0.819. The van der Waals surface area contributed by atoms with Crippen LogP contribution in [0.1, 0.15) is 27.2 Å². The van der Waals surface area contributed by atoms with Crippen molar-refractivity contribution in [2.75, 3.05) is 33.9 Å². The molecule has 16 heavy (non-hydrogen) atoms. The lowest BCUT2D eigenvalue weighted by Crippen LogP contribution is -2.39. The summed E-state index contributed by atoms with van der Waals surface area (Å²) < 4.78 is 4.95. The van der Waals surface area contributed by atoms with Crippen LogP contribution in [0.2, 0.25) is 0 Å². The van der Waals surface area contributed by atoms with Crippen LogP contribution in [0, 0.1) is 11.3 Å². The molecule has 0 rings (SSSR count). The number of hydrogen-bond acceptors (Lipinski definition) is 3. The molecule has 0 aromatic heterocycles. The summed E-state index contributed by atoms with van der Waals surface area (Å²) in [7, 11) is 3.43. The van der Waals surface area contributed by atoms with E-state index >= 15 is 0 Å². The molecule has 96 valence electrons. The number of hydrogen-bond donors (Lipinski definition) is 1. The van der Waals surface area contributed by atoms with Crippen molar-refractivity contribution in [1.29, 1.82) is 0 Å². The molecule has 0 aromatic rings. The molecule has 2 N–H and O–H groups in total. The van der Waals surface area contributed by atoms with Gasteiger partial charge in [0.15, 0.2) is 0 Å². The Labute approximate surface area is 99.1 Å². The molecule has 0 aliphatic carbocycles. The number of nitrogens with zero attached hydrogens (tertiary/aromatic N) is 1. The summed E-state index contributed by atoms with van der Waals surface area (Å²) in [5.41, 5.74) is 5.80. The van der Waals surface area contributed by atoms with Gasteiger partial charge in [0.25, 0.3) is 0 Å². The Morgan fingerprint density at radius 1 is 1.44 bits per heavy atom. The first kappa shape index (κ1) is 15.4. The van der Waals surface area contributed by atoms with Gasteiger partial charge in [0.05, 0.1) is 12.5 Å². The van der Waals surface area contributed by atoms with Gasteiger partial charge in [0, 0.05) is 27.2 Å². The maximum Gasteiger partial charge on any atom is 0.226 e. The zero-order valence-electron chi connectivity index (χ0n) is 11.2. The number of nitrogens with two attached hydrogens (primary N) is 1. The third kappa shape index (κ3) is 6.08. The fraction of sp³-hybridized carbons (Fsp3) is 0.917. The highest BCUT2D eigenvalue weighted by molar-refractivity contribution is 5.78. The first-order chi connectivity index (χ1) is 7.31. The summed E-state index contributed by atoms with van der Waals surface area (Å²) in [5.74, 6) is 0.0383. The molecular formula is C12H26N2O2. The van der Waals surface area contributed by atoms with E-state index < -0.39 is 0 Å². The van der Waals surface area contributed by atoms with Crippen LogP contribution < -0.4 is 5.73 Å². The third-order valence-electron chi connectivity index (χ3n) is 2.50. The Morgan fingerprint density at radius 2 is 2.00 bits per heavy atom. The normalized spacial score (nSPS) is 13.6. The molecule has 0 aliphatic heterocycles. The minimum absolute atomic E-state index is 0.0816. The number of methoxy groups -OCH3 is 1. The Morgan fingerprint density at radius 3 is 2.38 bits per heavy atom. The molecule has 0 aromatic carbocycles. The number of carbonyl (C=O) groups is 1. The van der Waals surface area contributed by atoms with Gasteiger partial charge in [-0.15, -0.1) is 0 Å². The van der Waals surface area contributed by atoms with Crippen molar-refractivity contribution in [2.24, 2.45) is 17.1 Å². The standard InChI is InChI=1S/C12H26N2O2/c1-12(2,3)8-10(9-13)11(15)14(4)6-7-16-5/h10H,6-9,13H2,1-5H3. The minimum atomic E-state index is -0.0816. The molecule has 4 nitrogen and oxygen atoms in total. The summed E-state index contributed by atoms with van der Waals surface area (Å²) in [4.78, 5) is 13.7. The van der Waals surface area contributed by atoms with Gasteiger partial charge >= 0.3 is 0 Å². The van der Waals surface area contributed by atoms with Crippen molar-refractivity contribution in [3.63, 3.8) is 0 Å². The van der Waals surface area contributed by atoms with E-state index in [0.717, 1.165) is 6.42 Å². The average molecular weight is 230 g/mol. The van der Waals surface area contributed by atoms with E-state index in [1.807, 2.05) is 0 Å². The topological polar surface area (TPSA) is 55.6 Å². The summed E-state index contributed by atoms with van der Waals surface area (Å²) in [5, 5.41) is 0. The van der Waals surface area contributed by atoms with Crippen molar-refractivity contribution in [3.05, 3.63) is 0 Å². The van der Waals surface area contributed by atoms with E-state index in [4.69, 9.17) is 10.5 Å². The molecule has 1 amide bonds. The molecule has 0 bridgehead atoms. The highest BCUT2D eigenvalue weighted by Gasteiger charge is 2.25. The second kappa shape index (κ2) is 6.86. The monoisotopic (exact) mass is 230 g/mol. The van der Waals surface area contributed by atoms with E-state index in [0.29, 0.717) is 19.7 Å². The van der Waals surface area contributed by atoms with E-state index in [1.165, 1.54) is 0 Å². The third-order valence-corrected chi connectivity index (χ3v) is 2.50. The van der Waals surface area contributed by atoms with Gasteiger partial charge in [-0.3, -0.25) is 4.79 Å². The fourth-order valence-corrected chi connectivity index (χ4v) is 1.66. The Balaban J connectivity index is 4.30.